The summed E-state index contributed by atoms with van der Waals surface area (Å²) in [7, 11) is 1.32. The van der Waals surface area contributed by atoms with E-state index in [0.717, 1.165) is 0 Å². The Hall–Kier alpha value is -1.96. The zero-order valence-electron chi connectivity index (χ0n) is 7.44. The van der Waals surface area contributed by atoms with E-state index in [1.54, 1.807) is 0 Å². The lowest BCUT2D eigenvalue weighted by Gasteiger charge is -1.97. The fourth-order valence-electron chi connectivity index (χ4n) is 0.575. The summed E-state index contributed by atoms with van der Waals surface area (Å²) in [6.07, 6.45) is -0.402. The molecule has 0 aliphatic rings. The van der Waals surface area contributed by atoms with Gasteiger partial charge in [0, 0.05) is 14.0 Å². The van der Waals surface area contributed by atoms with E-state index in [1.807, 2.05) is 5.48 Å². The van der Waals surface area contributed by atoms with Crippen LogP contribution >= 0.6 is 0 Å². The molecule has 0 aliphatic heterocycles. The fraction of sp³-hybridized carbons (Fsp3) is 0.333. The summed E-state index contributed by atoms with van der Waals surface area (Å²) < 4.78 is 9.04. The number of nitrogens with zero attached hydrogens (tertiary/aromatic N) is 2. The standard InChI is InChI=1S/C6H7N3O5/c1-3-8-9-6(12-3)13-4(10)5(11)14-7-2/h7H,1-2H3. The normalized spacial score (nSPS) is 9.57. The molecule has 1 rings (SSSR count). The Balaban J connectivity index is 2.53. The molecule has 0 atom stereocenters. The number of nitrogens with one attached hydrogen (secondary N) is 1. The van der Waals surface area contributed by atoms with Crippen LogP contribution in [0.15, 0.2) is 4.42 Å². The molecule has 1 aromatic rings. The lowest BCUT2D eigenvalue weighted by Crippen LogP contribution is -2.27. The van der Waals surface area contributed by atoms with E-state index in [0.29, 0.717) is 0 Å². The number of hydrogen-bond acceptors (Lipinski definition) is 8. The van der Waals surface area contributed by atoms with Gasteiger partial charge in [0.15, 0.2) is 0 Å². The second kappa shape index (κ2) is 4.33. The van der Waals surface area contributed by atoms with E-state index in [9.17, 15) is 9.59 Å². The highest BCUT2D eigenvalue weighted by atomic mass is 16.7. The Morgan fingerprint density at radius 3 is 2.57 bits per heavy atom. The maximum Gasteiger partial charge on any atom is 0.436 e. The molecule has 0 aliphatic carbocycles. The van der Waals surface area contributed by atoms with Crippen molar-refractivity contribution in [3.8, 4) is 6.08 Å². The first-order valence-electron chi connectivity index (χ1n) is 3.53. The average molecular weight is 201 g/mol. The lowest BCUT2D eigenvalue weighted by atomic mass is 10.7. The van der Waals surface area contributed by atoms with E-state index < -0.39 is 18.0 Å². The van der Waals surface area contributed by atoms with Crippen LogP contribution in [0.2, 0.25) is 0 Å². The number of carbonyl (C=O) groups is 2. The molecule has 0 amide bonds. The zero-order valence-corrected chi connectivity index (χ0v) is 7.44. The Bertz CT molecular complexity index is 347. The van der Waals surface area contributed by atoms with Crippen LogP contribution in [-0.4, -0.2) is 29.2 Å². The predicted octanol–water partition coefficient (Wildman–Crippen LogP) is -1.04. The Morgan fingerprint density at radius 1 is 1.36 bits per heavy atom. The molecule has 1 aromatic heterocycles. The van der Waals surface area contributed by atoms with Gasteiger partial charge in [-0.05, 0) is 0 Å². The second-order valence-electron chi connectivity index (χ2n) is 2.07. The molecule has 0 fully saturated rings. The van der Waals surface area contributed by atoms with Crippen LogP contribution < -0.4 is 10.2 Å². The molecule has 0 unspecified atom stereocenters. The van der Waals surface area contributed by atoms with Crippen molar-refractivity contribution < 1.29 is 23.6 Å². The van der Waals surface area contributed by atoms with Gasteiger partial charge in [-0.15, -0.1) is 5.10 Å². The molecule has 0 radical (unpaired) electrons. The minimum Gasteiger partial charge on any atom is -0.393 e. The van der Waals surface area contributed by atoms with Gasteiger partial charge < -0.3 is 14.0 Å². The number of hydrogen-bond donors (Lipinski definition) is 1. The van der Waals surface area contributed by atoms with Crippen molar-refractivity contribution in [1.29, 1.82) is 0 Å². The van der Waals surface area contributed by atoms with Gasteiger partial charge in [-0.2, -0.15) is 5.48 Å². The Kier molecular flexibility index (Phi) is 3.13. The third kappa shape index (κ3) is 2.52. The second-order valence-corrected chi connectivity index (χ2v) is 2.07. The fourth-order valence-corrected chi connectivity index (χ4v) is 0.575. The van der Waals surface area contributed by atoms with Crippen molar-refractivity contribution in [3.63, 3.8) is 0 Å². The largest absolute Gasteiger partial charge is 0.436 e. The first-order valence-corrected chi connectivity index (χ1v) is 3.53. The van der Waals surface area contributed by atoms with Crippen molar-refractivity contribution in [3.05, 3.63) is 5.89 Å². The maximum absolute atomic E-state index is 10.8. The number of aryl methyl sites for hydroxylation is 1. The summed E-state index contributed by atoms with van der Waals surface area (Å²) in [6.45, 7) is 1.51. The van der Waals surface area contributed by atoms with Crippen LogP contribution in [0.1, 0.15) is 5.89 Å². The minimum atomic E-state index is -1.25. The van der Waals surface area contributed by atoms with E-state index in [2.05, 4.69) is 24.2 Å². The summed E-state index contributed by atoms with van der Waals surface area (Å²) >= 11 is 0. The van der Waals surface area contributed by atoms with Gasteiger partial charge in [0.25, 0.3) is 0 Å². The smallest absolute Gasteiger partial charge is 0.393 e. The number of hydroxylamine groups is 1. The molecule has 0 bridgehead atoms. The number of ether oxygens (including phenoxy) is 1. The molecule has 0 saturated carbocycles. The van der Waals surface area contributed by atoms with Crippen molar-refractivity contribution in [2.75, 3.05) is 7.05 Å². The van der Waals surface area contributed by atoms with Gasteiger partial charge in [0.2, 0.25) is 5.89 Å². The molecule has 1 heterocycles. The summed E-state index contributed by atoms with van der Waals surface area (Å²) in [5.41, 5.74) is 2.02. The highest BCUT2D eigenvalue weighted by molar-refractivity contribution is 6.30. The van der Waals surface area contributed by atoms with Crippen molar-refractivity contribution in [2.24, 2.45) is 0 Å². The van der Waals surface area contributed by atoms with Crippen LogP contribution in [0.4, 0.5) is 0 Å². The number of esters is 1. The molecule has 8 heteroatoms. The Labute approximate surface area is 78.1 Å². The topological polar surface area (TPSA) is 104 Å². The monoisotopic (exact) mass is 201 g/mol. The van der Waals surface area contributed by atoms with E-state index >= 15 is 0 Å². The predicted molar refractivity (Wildman–Crippen MR) is 39.8 cm³/mol. The van der Waals surface area contributed by atoms with Gasteiger partial charge in [-0.1, -0.05) is 5.10 Å². The summed E-state index contributed by atoms with van der Waals surface area (Å²) in [5.74, 6) is -2.24. The van der Waals surface area contributed by atoms with E-state index in [1.165, 1.54) is 14.0 Å². The molecule has 1 N–H and O–H groups in total. The first kappa shape index (κ1) is 10.1. The van der Waals surface area contributed by atoms with Crippen LogP contribution in [0, 0.1) is 6.92 Å². The number of carbonyl (C=O) groups excluding carboxylic acids is 2. The summed E-state index contributed by atoms with van der Waals surface area (Å²) in [6, 6.07) is 0. The molecular weight excluding hydrogens is 194 g/mol. The molecule has 76 valence electrons. The molecule has 0 spiro atoms. The van der Waals surface area contributed by atoms with Crippen molar-refractivity contribution in [2.45, 2.75) is 6.92 Å². The lowest BCUT2D eigenvalue weighted by molar-refractivity contribution is -0.167. The highest BCUT2D eigenvalue weighted by Gasteiger charge is 2.20. The highest BCUT2D eigenvalue weighted by Crippen LogP contribution is 2.06. The molecule has 8 nitrogen and oxygen atoms in total. The van der Waals surface area contributed by atoms with Crippen LogP contribution in [-0.2, 0) is 14.4 Å². The summed E-state index contributed by atoms with van der Waals surface area (Å²) in [5, 5.41) is 6.72. The van der Waals surface area contributed by atoms with E-state index in [-0.39, 0.29) is 5.89 Å². The van der Waals surface area contributed by atoms with E-state index in [4.69, 9.17) is 0 Å². The zero-order chi connectivity index (χ0) is 10.6. The first-order chi connectivity index (χ1) is 6.63. The molecule has 0 aromatic carbocycles. The maximum atomic E-state index is 10.8. The quantitative estimate of drug-likeness (QED) is 0.367. The van der Waals surface area contributed by atoms with Gasteiger partial charge in [0.05, 0.1) is 0 Å². The Morgan fingerprint density at radius 2 is 2.07 bits per heavy atom. The molecular formula is C6H7N3O5. The SMILES string of the molecule is CNOC(=O)C(=O)Oc1nnc(C)o1. The molecule has 14 heavy (non-hydrogen) atoms. The van der Waals surface area contributed by atoms with Crippen LogP contribution in [0.25, 0.3) is 0 Å². The van der Waals surface area contributed by atoms with Crippen LogP contribution in [0.5, 0.6) is 6.08 Å². The third-order valence-electron chi connectivity index (χ3n) is 1.05. The summed E-state index contributed by atoms with van der Waals surface area (Å²) in [4.78, 5) is 25.7. The number of aromatic nitrogens is 2. The van der Waals surface area contributed by atoms with Gasteiger partial charge in [0.1, 0.15) is 0 Å². The van der Waals surface area contributed by atoms with Gasteiger partial charge >= 0.3 is 18.0 Å². The van der Waals surface area contributed by atoms with Gasteiger partial charge in [-0.3, -0.25) is 0 Å². The third-order valence-corrected chi connectivity index (χ3v) is 1.05. The minimum absolute atomic E-state index is 0.217. The van der Waals surface area contributed by atoms with Crippen LogP contribution in [0.3, 0.4) is 0 Å². The molecule has 0 saturated heterocycles. The van der Waals surface area contributed by atoms with Crippen molar-refractivity contribution in [1.82, 2.24) is 15.7 Å². The van der Waals surface area contributed by atoms with Gasteiger partial charge in [-0.25, -0.2) is 9.59 Å². The van der Waals surface area contributed by atoms with Crippen molar-refractivity contribution >= 4 is 11.9 Å². The average Bonchev–Trinajstić information content (AvgIpc) is 2.51. The number of rotatable bonds is 2.